The van der Waals surface area contributed by atoms with Crippen molar-refractivity contribution >= 4 is 34.5 Å². The summed E-state index contributed by atoms with van der Waals surface area (Å²) >= 11 is 0. The molecule has 0 fully saturated rings. The van der Waals surface area contributed by atoms with Crippen molar-refractivity contribution in [1.29, 1.82) is 0 Å². The van der Waals surface area contributed by atoms with E-state index in [1.54, 1.807) is 32.2 Å². The van der Waals surface area contributed by atoms with Crippen molar-refractivity contribution in [2.45, 2.75) is 13.5 Å². The first kappa shape index (κ1) is 28.0. The third-order valence-electron chi connectivity index (χ3n) is 6.31. The zero-order valence-electron chi connectivity index (χ0n) is 22.7. The SMILES string of the molecule is CCOC(=O)c1ccc2c(c1)NC(=O)C2=C(Nc1ccc(CN(C)CCOCCOC)cc1)c1ccccc1. The molecule has 1 heterocycles. The molecule has 204 valence electrons. The van der Waals surface area contributed by atoms with Gasteiger partial charge in [-0.05, 0) is 49.4 Å². The van der Waals surface area contributed by atoms with Crippen LogP contribution in [0, 0.1) is 0 Å². The molecule has 3 aromatic carbocycles. The van der Waals surface area contributed by atoms with Crippen molar-refractivity contribution in [3.63, 3.8) is 0 Å². The summed E-state index contributed by atoms with van der Waals surface area (Å²) < 4.78 is 15.7. The fraction of sp³-hybridized carbons (Fsp3) is 0.290. The van der Waals surface area contributed by atoms with Crippen LogP contribution in [0.5, 0.6) is 0 Å². The Kier molecular flexibility index (Phi) is 9.85. The average molecular weight is 530 g/mol. The monoisotopic (exact) mass is 529 g/mol. The average Bonchev–Trinajstić information content (AvgIpc) is 3.27. The van der Waals surface area contributed by atoms with E-state index in [1.807, 2.05) is 42.5 Å². The van der Waals surface area contributed by atoms with E-state index in [1.165, 1.54) is 5.56 Å². The predicted molar refractivity (Wildman–Crippen MR) is 153 cm³/mol. The van der Waals surface area contributed by atoms with Crippen molar-refractivity contribution in [2.24, 2.45) is 0 Å². The van der Waals surface area contributed by atoms with Crippen LogP contribution < -0.4 is 10.6 Å². The van der Waals surface area contributed by atoms with Crippen LogP contribution in [0.4, 0.5) is 11.4 Å². The van der Waals surface area contributed by atoms with Crippen LogP contribution in [-0.4, -0.2) is 63.9 Å². The molecule has 1 aliphatic rings. The van der Waals surface area contributed by atoms with Crippen molar-refractivity contribution < 1.29 is 23.8 Å². The van der Waals surface area contributed by atoms with E-state index in [0.717, 1.165) is 29.9 Å². The zero-order chi connectivity index (χ0) is 27.6. The first-order valence-corrected chi connectivity index (χ1v) is 13.0. The molecule has 0 saturated heterocycles. The van der Waals surface area contributed by atoms with Crippen LogP contribution in [0.3, 0.4) is 0 Å². The highest BCUT2D eigenvalue weighted by atomic mass is 16.5. The van der Waals surface area contributed by atoms with Crippen LogP contribution in [0.15, 0.2) is 72.8 Å². The molecular weight excluding hydrogens is 494 g/mol. The molecule has 0 atom stereocenters. The molecule has 0 aliphatic carbocycles. The minimum absolute atomic E-state index is 0.233. The Labute approximate surface area is 229 Å². The first-order chi connectivity index (χ1) is 19.0. The second-order valence-electron chi connectivity index (χ2n) is 9.22. The molecule has 2 N–H and O–H groups in total. The number of benzene rings is 3. The molecule has 8 heteroatoms. The Morgan fingerprint density at radius 1 is 0.949 bits per heavy atom. The Morgan fingerprint density at radius 2 is 1.72 bits per heavy atom. The number of amides is 1. The summed E-state index contributed by atoms with van der Waals surface area (Å²) in [6.45, 7) is 5.50. The topological polar surface area (TPSA) is 89.1 Å². The molecule has 1 amide bonds. The van der Waals surface area contributed by atoms with E-state index >= 15 is 0 Å². The van der Waals surface area contributed by atoms with Gasteiger partial charge in [0.1, 0.15) is 0 Å². The van der Waals surface area contributed by atoms with E-state index in [-0.39, 0.29) is 12.5 Å². The summed E-state index contributed by atoms with van der Waals surface area (Å²) in [5.74, 6) is -0.652. The summed E-state index contributed by atoms with van der Waals surface area (Å²) in [6.07, 6.45) is 0. The fourth-order valence-electron chi connectivity index (χ4n) is 4.34. The van der Waals surface area contributed by atoms with Gasteiger partial charge in [0, 0.05) is 31.5 Å². The molecular formula is C31H35N3O5. The third kappa shape index (κ3) is 7.32. The fourth-order valence-corrected chi connectivity index (χ4v) is 4.34. The van der Waals surface area contributed by atoms with Gasteiger partial charge in [-0.2, -0.15) is 0 Å². The Bertz CT molecular complexity index is 1310. The maximum Gasteiger partial charge on any atom is 0.338 e. The molecule has 0 unspecified atom stereocenters. The molecule has 1 aliphatic heterocycles. The minimum atomic E-state index is -0.419. The number of fused-ring (bicyclic) bond motifs is 1. The summed E-state index contributed by atoms with van der Waals surface area (Å²) in [4.78, 5) is 27.6. The lowest BCUT2D eigenvalue weighted by Crippen LogP contribution is -2.23. The van der Waals surface area contributed by atoms with Gasteiger partial charge in [0.25, 0.3) is 5.91 Å². The standard InChI is InChI=1S/C31H35N3O5/c1-4-39-31(36)24-12-15-26-27(20-24)33-30(35)28(26)29(23-8-6-5-7-9-23)32-25-13-10-22(11-14-25)21-34(2)16-17-38-19-18-37-3/h5-15,20,32H,4,16-19,21H2,1-3H3,(H,33,35). The van der Waals surface area contributed by atoms with Gasteiger partial charge in [0.05, 0.1) is 48.9 Å². The number of rotatable bonds is 13. The summed E-state index contributed by atoms with van der Waals surface area (Å²) in [5, 5.41) is 6.39. The third-order valence-corrected chi connectivity index (χ3v) is 6.31. The highest BCUT2D eigenvalue weighted by molar-refractivity contribution is 6.37. The van der Waals surface area contributed by atoms with Crippen molar-refractivity contribution in [3.8, 4) is 0 Å². The van der Waals surface area contributed by atoms with E-state index < -0.39 is 5.97 Å². The van der Waals surface area contributed by atoms with Gasteiger partial charge in [0.15, 0.2) is 0 Å². The molecule has 8 nitrogen and oxygen atoms in total. The maximum absolute atomic E-state index is 13.2. The van der Waals surface area contributed by atoms with Crippen LogP contribution in [0.2, 0.25) is 0 Å². The molecule has 0 bridgehead atoms. The lowest BCUT2D eigenvalue weighted by Gasteiger charge is -2.18. The molecule has 4 rings (SSSR count). The lowest BCUT2D eigenvalue weighted by molar-refractivity contribution is -0.110. The molecule has 39 heavy (non-hydrogen) atoms. The first-order valence-electron chi connectivity index (χ1n) is 13.0. The van der Waals surface area contributed by atoms with E-state index in [2.05, 4.69) is 34.7 Å². The maximum atomic E-state index is 13.2. The highest BCUT2D eigenvalue weighted by Gasteiger charge is 2.29. The van der Waals surface area contributed by atoms with Gasteiger partial charge in [-0.15, -0.1) is 0 Å². The number of carbonyl (C=O) groups is 2. The Morgan fingerprint density at radius 3 is 2.44 bits per heavy atom. The number of carbonyl (C=O) groups excluding carboxylic acids is 2. The Hall–Kier alpha value is -3.98. The number of esters is 1. The van der Waals surface area contributed by atoms with E-state index in [9.17, 15) is 9.59 Å². The van der Waals surface area contributed by atoms with Gasteiger partial charge in [0.2, 0.25) is 0 Å². The summed E-state index contributed by atoms with van der Waals surface area (Å²) in [5.41, 5.74) is 5.82. The van der Waals surface area contributed by atoms with Gasteiger partial charge in [-0.3, -0.25) is 9.69 Å². The molecule has 0 aromatic heterocycles. The van der Waals surface area contributed by atoms with Gasteiger partial charge in [-0.25, -0.2) is 4.79 Å². The van der Waals surface area contributed by atoms with Crippen molar-refractivity contribution in [3.05, 3.63) is 95.1 Å². The largest absolute Gasteiger partial charge is 0.462 e. The number of nitrogens with zero attached hydrogens (tertiary/aromatic N) is 1. The van der Waals surface area contributed by atoms with Gasteiger partial charge < -0.3 is 24.8 Å². The number of likely N-dealkylation sites (N-methyl/N-ethyl adjacent to an activating group) is 1. The number of hydrogen-bond acceptors (Lipinski definition) is 7. The van der Waals surface area contributed by atoms with Gasteiger partial charge in [-0.1, -0.05) is 48.5 Å². The predicted octanol–water partition coefficient (Wildman–Crippen LogP) is 4.89. The number of anilines is 2. The minimum Gasteiger partial charge on any atom is -0.462 e. The van der Waals surface area contributed by atoms with E-state index in [0.29, 0.717) is 42.3 Å². The normalized spacial score (nSPS) is 13.7. The van der Waals surface area contributed by atoms with Crippen molar-refractivity contribution in [2.75, 3.05) is 57.8 Å². The van der Waals surface area contributed by atoms with Gasteiger partial charge >= 0.3 is 5.97 Å². The van der Waals surface area contributed by atoms with Crippen LogP contribution in [0.25, 0.3) is 11.3 Å². The van der Waals surface area contributed by atoms with Crippen LogP contribution >= 0.6 is 0 Å². The zero-order valence-corrected chi connectivity index (χ0v) is 22.7. The Balaban J connectivity index is 1.55. The second kappa shape index (κ2) is 13.7. The van der Waals surface area contributed by atoms with Crippen LogP contribution in [-0.2, 0) is 25.5 Å². The molecule has 3 aromatic rings. The molecule has 0 saturated carbocycles. The molecule has 0 spiro atoms. The number of ether oxygens (including phenoxy) is 3. The quantitative estimate of drug-likeness (QED) is 0.185. The molecule has 0 radical (unpaired) electrons. The smallest absolute Gasteiger partial charge is 0.338 e. The summed E-state index contributed by atoms with van der Waals surface area (Å²) in [6, 6.07) is 23.1. The summed E-state index contributed by atoms with van der Waals surface area (Å²) in [7, 11) is 3.73. The highest BCUT2D eigenvalue weighted by Crippen LogP contribution is 2.38. The van der Waals surface area contributed by atoms with Crippen molar-refractivity contribution in [1.82, 2.24) is 4.90 Å². The second-order valence-corrected chi connectivity index (χ2v) is 9.22. The van der Waals surface area contributed by atoms with E-state index in [4.69, 9.17) is 14.2 Å². The number of hydrogen-bond donors (Lipinski definition) is 2. The van der Waals surface area contributed by atoms with Crippen LogP contribution in [0.1, 0.15) is 34.0 Å². The number of nitrogens with one attached hydrogen (secondary N) is 2. The number of methoxy groups -OCH3 is 1. The lowest BCUT2D eigenvalue weighted by atomic mass is 9.99.